The largest absolute Gasteiger partial charge is 0.508 e. The molecule has 2 bridgehead atoms. The van der Waals surface area contributed by atoms with Gasteiger partial charge in [0.15, 0.2) is 5.76 Å². The number of phenols is 1. The second-order valence-corrected chi connectivity index (χ2v) is 7.84. The van der Waals surface area contributed by atoms with Crippen LogP contribution in [0.15, 0.2) is 40.8 Å². The van der Waals surface area contributed by atoms with Gasteiger partial charge in [0.2, 0.25) is 0 Å². The molecule has 4 saturated heterocycles. The molecule has 1 aromatic carbocycles. The summed E-state index contributed by atoms with van der Waals surface area (Å²) in [7, 11) is 1.53. The predicted molar refractivity (Wildman–Crippen MR) is 99.0 cm³/mol. The lowest BCUT2D eigenvalue weighted by Gasteiger charge is -2.51. The number of hydrogen-bond donors (Lipinski definition) is 1. The fraction of sp³-hybridized carbons (Fsp3) is 0.476. The summed E-state index contributed by atoms with van der Waals surface area (Å²) in [5.74, 6) is 1.63. The van der Waals surface area contributed by atoms with Crippen LogP contribution in [0.2, 0.25) is 0 Å². The minimum absolute atomic E-state index is 0.0651. The topological polar surface area (TPSA) is 66.2 Å². The Morgan fingerprint density at radius 1 is 1.19 bits per heavy atom. The zero-order valence-corrected chi connectivity index (χ0v) is 15.4. The van der Waals surface area contributed by atoms with Crippen LogP contribution in [0.25, 0.3) is 0 Å². The Labute approximate surface area is 158 Å². The first kappa shape index (κ1) is 16.7. The van der Waals surface area contributed by atoms with Gasteiger partial charge in [-0.1, -0.05) is 12.1 Å². The zero-order valence-electron chi connectivity index (χ0n) is 15.4. The number of aromatic hydroxyl groups is 1. The Morgan fingerprint density at radius 2 is 2.00 bits per heavy atom. The van der Waals surface area contributed by atoms with E-state index in [0.717, 1.165) is 31.5 Å². The molecule has 6 nitrogen and oxygen atoms in total. The van der Waals surface area contributed by atoms with E-state index in [1.54, 1.807) is 18.2 Å². The van der Waals surface area contributed by atoms with E-state index >= 15 is 0 Å². The first-order chi connectivity index (χ1) is 13.2. The van der Waals surface area contributed by atoms with E-state index in [4.69, 9.17) is 9.15 Å². The third-order valence-electron chi connectivity index (χ3n) is 6.55. The van der Waals surface area contributed by atoms with E-state index in [1.165, 1.54) is 7.11 Å². The molecule has 0 saturated carbocycles. The summed E-state index contributed by atoms with van der Waals surface area (Å²) < 4.78 is 10.7. The lowest BCUT2D eigenvalue weighted by atomic mass is 9.75. The number of carbonyl (C=O) groups is 1. The van der Waals surface area contributed by atoms with Gasteiger partial charge in [-0.05, 0) is 55.6 Å². The number of furan rings is 1. The second kappa shape index (κ2) is 6.30. The number of hydrogen-bond acceptors (Lipinski definition) is 5. The molecule has 142 valence electrons. The molecule has 3 atom stereocenters. The summed E-state index contributed by atoms with van der Waals surface area (Å²) in [6.07, 6.45) is 2.28. The minimum atomic E-state index is -0.0651. The molecule has 1 amide bonds. The third kappa shape index (κ3) is 2.62. The molecule has 4 aliphatic rings. The highest BCUT2D eigenvalue weighted by molar-refractivity contribution is 5.92. The number of ether oxygens (including phenoxy) is 1. The van der Waals surface area contributed by atoms with Crippen LogP contribution in [-0.4, -0.2) is 59.6 Å². The lowest BCUT2D eigenvalue weighted by Crippen LogP contribution is -2.60. The number of methoxy groups -OCH3 is 1. The normalized spacial score (nSPS) is 31.7. The van der Waals surface area contributed by atoms with Gasteiger partial charge in [0, 0.05) is 24.6 Å². The van der Waals surface area contributed by atoms with Gasteiger partial charge in [-0.2, -0.15) is 0 Å². The van der Waals surface area contributed by atoms with Crippen molar-refractivity contribution in [3.8, 4) is 11.7 Å². The molecule has 0 spiro atoms. The van der Waals surface area contributed by atoms with Crippen molar-refractivity contribution < 1.29 is 19.1 Å². The van der Waals surface area contributed by atoms with Crippen LogP contribution >= 0.6 is 0 Å². The van der Waals surface area contributed by atoms with Crippen molar-refractivity contribution in [2.45, 2.75) is 30.8 Å². The maximum atomic E-state index is 13.3. The number of likely N-dealkylation sites (tertiary alicyclic amines) is 1. The van der Waals surface area contributed by atoms with Gasteiger partial charge in [-0.15, -0.1) is 0 Å². The fourth-order valence-corrected chi connectivity index (χ4v) is 5.39. The Hall–Kier alpha value is -2.47. The van der Waals surface area contributed by atoms with Crippen LogP contribution in [-0.2, 0) is 0 Å². The molecule has 2 aromatic rings. The Morgan fingerprint density at radius 3 is 2.70 bits per heavy atom. The maximum Gasteiger partial charge on any atom is 0.290 e. The molecular formula is C21H24N2O4. The predicted octanol–water partition coefficient (Wildman–Crippen LogP) is 2.70. The zero-order chi connectivity index (χ0) is 18.5. The number of amides is 1. The third-order valence-corrected chi connectivity index (χ3v) is 6.55. The average Bonchev–Trinajstić information content (AvgIpc) is 3.34. The van der Waals surface area contributed by atoms with Crippen LogP contribution in [0, 0.1) is 5.92 Å². The van der Waals surface area contributed by atoms with Crippen molar-refractivity contribution in [2.24, 2.45) is 5.92 Å². The van der Waals surface area contributed by atoms with Crippen LogP contribution < -0.4 is 4.74 Å². The number of phenolic OH excluding ortho intramolecular Hbond substituents is 1. The number of benzene rings is 1. The molecule has 6 heteroatoms. The van der Waals surface area contributed by atoms with Crippen molar-refractivity contribution in [1.29, 1.82) is 0 Å². The molecule has 6 rings (SSSR count). The van der Waals surface area contributed by atoms with E-state index in [-0.39, 0.29) is 23.6 Å². The van der Waals surface area contributed by atoms with Crippen LogP contribution in [0.5, 0.6) is 11.7 Å². The number of rotatable bonds is 3. The van der Waals surface area contributed by atoms with Gasteiger partial charge < -0.3 is 19.2 Å². The van der Waals surface area contributed by atoms with Crippen LogP contribution in [0.4, 0.5) is 0 Å². The smallest absolute Gasteiger partial charge is 0.290 e. The monoisotopic (exact) mass is 368 g/mol. The van der Waals surface area contributed by atoms with Crippen LogP contribution in [0.3, 0.4) is 0 Å². The summed E-state index contributed by atoms with van der Waals surface area (Å²) in [5, 5.41) is 9.96. The summed E-state index contributed by atoms with van der Waals surface area (Å²) in [6.45, 7) is 2.84. The molecule has 4 fully saturated rings. The van der Waals surface area contributed by atoms with Crippen molar-refractivity contribution in [3.63, 3.8) is 0 Å². The molecule has 5 heterocycles. The van der Waals surface area contributed by atoms with E-state index < -0.39 is 0 Å². The van der Waals surface area contributed by atoms with Crippen molar-refractivity contribution in [3.05, 3.63) is 47.7 Å². The molecule has 0 aliphatic carbocycles. The summed E-state index contributed by atoms with van der Waals surface area (Å²) in [5.41, 5.74) is 1.10. The number of nitrogens with zero attached hydrogens (tertiary/aromatic N) is 2. The summed E-state index contributed by atoms with van der Waals surface area (Å²) >= 11 is 0. The number of piperidine rings is 3. The van der Waals surface area contributed by atoms with Gasteiger partial charge in [0.05, 0.1) is 13.2 Å². The Kier molecular flexibility index (Phi) is 3.90. The Balaban J connectivity index is 1.51. The summed E-state index contributed by atoms with van der Waals surface area (Å²) in [6, 6.07) is 11.4. The highest BCUT2D eigenvalue weighted by atomic mass is 16.6. The second-order valence-electron chi connectivity index (χ2n) is 7.84. The van der Waals surface area contributed by atoms with Gasteiger partial charge in [0.1, 0.15) is 5.75 Å². The molecule has 1 aromatic heterocycles. The van der Waals surface area contributed by atoms with E-state index in [9.17, 15) is 9.90 Å². The van der Waals surface area contributed by atoms with Gasteiger partial charge >= 0.3 is 0 Å². The molecule has 27 heavy (non-hydrogen) atoms. The van der Waals surface area contributed by atoms with Crippen molar-refractivity contribution in [1.82, 2.24) is 9.80 Å². The minimum Gasteiger partial charge on any atom is -0.508 e. The summed E-state index contributed by atoms with van der Waals surface area (Å²) in [4.78, 5) is 17.8. The quantitative estimate of drug-likeness (QED) is 0.902. The van der Waals surface area contributed by atoms with Crippen molar-refractivity contribution >= 4 is 5.91 Å². The molecule has 1 N–H and O–H groups in total. The van der Waals surface area contributed by atoms with E-state index in [2.05, 4.69) is 11.0 Å². The highest BCUT2D eigenvalue weighted by Gasteiger charge is 2.55. The molecule has 0 radical (unpaired) electrons. The molecular weight excluding hydrogens is 344 g/mol. The van der Waals surface area contributed by atoms with Gasteiger partial charge in [-0.3, -0.25) is 9.69 Å². The van der Waals surface area contributed by atoms with Gasteiger partial charge in [0.25, 0.3) is 11.9 Å². The number of fused-ring (bicyclic) bond motifs is 2. The van der Waals surface area contributed by atoms with Crippen molar-refractivity contribution in [2.75, 3.05) is 26.7 Å². The standard InChI is InChI=1S/C21H24N2O4/c1-26-18-6-5-17(27-18)21(25)23-12-16(14-3-2-4-15(24)11-14)20-19(23)13-7-9-22(20)10-8-13/h2-6,11,13,16,19-20,24H,7-10,12H2,1H3/t16-,19+,20+/m1/s1. The Bertz CT molecular complexity index is 855. The van der Waals surface area contributed by atoms with Crippen LogP contribution in [0.1, 0.15) is 34.9 Å². The van der Waals surface area contributed by atoms with E-state index in [0.29, 0.717) is 30.2 Å². The first-order valence-corrected chi connectivity index (χ1v) is 9.63. The molecule has 0 unspecified atom stereocenters. The maximum absolute atomic E-state index is 13.3. The first-order valence-electron chi connectivity index (χ1n) is 9.63. The number of carbonyl (C=O) groups excluding carboxylic acids is 1. The lowest BCUT2D eigenvalue weighted by molar-refractivity contribution is -0.00440. The van der Waals surface area contributed by atoms with E-state index in [1.807, 2.05) is 17.0 Å². The SMILES string of the molecule is COc1ccc(C(=O)N2C[C@H](c3cccc(O)c3)[C@H]3[C@@H]2C2CCN3CC2)o1. The average molecular weight is 368 g/mol. The van der Waals surface area contributed by atoms with Gasteiger partial charge in [-0.25, -0.2) is 0 Å². The fourth-order valence-electron chi connectivity index (χ4n) is 5.39. The highest BCUT2D eigenvalue weighted by Crippen LogP contribution is 2.47. The molecule has 4 aliphatic heterocycles.